The number of hydrogen-bond donors (Lipinski definition) is 2. The molecule has 15 heavy (non-hydrogen) atoms. The maximum atomic E-state index is 5.59. The molecule has 2 heterocycles. The normalized spacial score (nSPS) is 10.5. The van der Waals surface area contributed by atoms with E-state index < -0.39 is 0 Å². The van der Waals surface area contributed by atoms with E-state index in [0.717, 1.165) is 15.6 Å². The number of pyridine rings is 1. The van der Waals surface area contributed by atoms with Crippen LogP contribution in [0.3, 0.4) is 0 Å². The third kappa shape index (κ3) is 2.30. The van der Waals surface area contributed by atoms with Gasteiger partial charge in [-0.3, -0.25) is 4.84 Å². The zero-order valence-electron chi connectivity index (χ0n) is 7.88. The lowest BCUT2D eigenvalue weighted by molar-refractivity contribution is 0.124. The highest BCUT2D eigenvalue weighted by Gasteiger charge is 2.05. The van der Waals surface area contributed by atoms with Crippen molar-refractivity contribution in [2.45, 2.75) is 6.61 Å². The molecule has 0 bridgehead atoms. The number of anilines is 1. The molecule has 0 saturated heterocycles. The van der Waals surface area contributed by atoms with Gasteiger partial charge in [0, 0.05) is 6.20 Å². The number of nitrogens with two attached hydrogens (primary N) is 2. The second-order valence-corrected chi connectivity index (χ2v) is 3.99. The Bertz CT molecular complexity index is 457. The summed E-state index contributed by atoms with van der Waals surface area (Å²) in [5.74, 6) is 5.46. The third-order valence-corrected chi connectivity index (χ3v) is 2.78. The average molecular weight is 222 g/mol. The molecule has 0 aliphatic heterocycles. The van der Waals surface area contributed by atoms with E-state index in [1.165, 1.54) is 11.3 Å². The van der Waals surface area contributed by atoms with E-state index >= 15 is 0 Å². The molecule has 0 aliphatic carbocycles. The van der Waals surface area contributed by atoms with E-state index in [4.69, 9.17) is 11.6 Å². The van der Waals surface area contributed by atoms with Crippen molar-refractivity contribution in [2.75, 3.05) is 5.73 Å². The summed E-state index contributed by atoms with van der Waals surface area (Å²) in [5.41, 5.74) is 6.41. The quantitative estimate of drug-likeness (QED) is 0.761. The molecule has 0 spiro atoms. The first-order chi connectivity index (χ1) is 7.29. The number of aromatic nitrogens is 2. The lowest BCUT2D eigenvalue weighted by Gasteiger charge is -1.96. The van der Waals surface area contributed by atoms with Gasteiger partial charge in [-0.25, -0.2) is 15.9 Å². The van der Waals surface area contributed by atoms with Gasteiger partial charge >= 0.3 is 0 Å². The number of thiazole rings is 1. The zero-order chi connectivity index (χ0) is 10.7. The van der Waals surface area contributed by atoms with Gasteiger partial charge < -0.3 is 5.73 Å². The van der Waals surface area contributed by atoms with Gasteiger partial charge in [0.2, 0.25) is 0 Å². The average Bonchev–Trinajstić information content (AvgIpc) is 2.67. The molecule has 0 aliphatic rings. The van der Waals surface area contributed by atoms with Crippen molar-refractivity contribution >= 4 is 17.2 Å². The minimum absolute atomic E-state index is 0.312. The highest BCUT2D eigenvalue weighted by molar-refractivity contribution is 7.15. The number of rotatable bonds is 3. The van der Waals surface area contributed by atoms with Gasteiger partial charge in [0.05, 0.1) is 10.6 Å². The molecule has 2 aromatic rings. The molecule has 0 aromatic carbocycles. The van der Waals surface area contributed by atoms with Crippen molar-refractivity contribution in [2.24, 2.45) is 5.90 Å². The molecule has 5 nitrogen and oxygen atoms in total. The van der Waals surface area contributed by atoms with E-state index in [9.17, 15) is 0 Å². The first kappa shape index (κ1) is 10.0. The summed E-state index contributed by atoms with van der Waals surface area (Å²) in [6, 6.07) is 5.49. The van der Waals surface area contributed by atoms with Crippen molar-refractivity contribution < 1.29 is 4.84 Å². The Kier molecular flexibility index (Phi) is 2.91. The highest BCUT2D eigenvalue weighted by atomic mass is 32.1. The third-order valence-electron chi connectivity index (χ3n) is 1.78. The number of nitrogen functional groups attached to an aromatic ring is 1. The van der Waals surface area contributed by atoms with Crippen LogP contribution in [0.2, 0.25) is 0 Å². The van der Waals surface area contributed by atoms with Crippen molar-refractivity contribution in [1.29, 1.82) is 0 Å². The SMILES string of the molecule is NOCc1ncc(-c2cccc(N)n2)s1. The second-order valence-electron chi connectivity index (χ2n) is 2.88. The molecular formula is C9H10N4OS. The van der Waals surface area contributed by atoms with Crippen LogP contribution >= 0.6 is 11.3 Å². The molecule has 0 amide bonds. The molecular weight excluding hydrogens is 212 g/mol. The Balaban J connectivity index is 2.29. The van der Waals surface area contributed by atoms with Crippen LogP contribution < -0.4 is 11.6 Å². The Morgan fingerprint density at radius 3 is 3.00 bits per heavy atom. The largest absolute Gasteiger partial charge is 0.384 e. The van der Waals surface area contributed by atoms with Crippen molar-refractivity contribution in [3.63, 3.8) is 0 Å². The molecule has 2 aromatic heterocycles. The maximum absolute atomic E-state index is 5.59. The monoisotopic (exact) mass is 222 g/mol. The van der Waals surface area contributed by atoms with Crippen LogP contribution in [0, 0.1) is 0 Å². The smallest absolute Gasteiger partial charge is 0.124 e. The van der Waals surface area contributed by atoms with E-state index in [-0.39, 0.29) is 0 Å². The standard InChI is InChI=1S/C9H10N4OS/c10-8-3-1-2-6(13-8)7-4-12-9(15-7)5-14-11/h1-4H,5,11H2,(H2,10,13). The van der Waals surface area contributed by atoms with Crippen LogP contribution in [0.5, 0.6) is 0 Å². The van der Waals surface area contributed by atoms with Gasteiger partial charge in [0.25, 0.3) is 0 Å². The Labute approximate surface area is 90.7 Å². The second kappa shape index (κ2) is 4.35. The Hall–Kier alpha value is -1.50. The van der Waals surface area contributed by atoms with Crippen LogP contribution in [-0.4, -0.2) is 9.97 Å². The lowest BCUT2D eigenvalue weighted by Crippen LogP contribution is -1.97. The summed E-state index contributed by atoms with van der Waals surface area (Å²) in [6.45, 7) is 0.312. The fourth-order valence-electron chi connectivity index (χ4n) is 1.16. The maximum Gasteiger partial charge on any atom is 0.124 e. The van der Waals surface area contributed by atoms with Crippen LogP contribution in [0.15, 0.2) is 24.4 Å². The minimum Gasteiger partial charge on any atom is -0.384 e. The first-order valence-electron chi connectivity index (χ1n) is 4.29. The molecule has 4 N–H and O–H groups in total. The van der Waals surface area contributed by atoms with Gasteiger partial charge in [-0.05, 0) is 12.1 Å². The summed E-state index contributed by atoms with van der Waals surface area (Å²) in [4.78, 5) is 13.8. The Morgan fingerprint density at radius 1 is 1.40 bits per heavy atom. The minimum atomic E-state index is 0.312. The molecule has 0 unspecified atom stereocenters. The summed E-state index contributed by atoms with van der Waals surface area (Å²) in [6.07, 6.45) is 1.74. The summed E-state index contributed by atoms with van der Waals surface area (Å²) in [5, 5.41) is 0.816. The molecule has 0 fully saturated rings. The highest BCUT2D eigenvalue weighted by Crippen LogP contribution is 2.24. The lowest BCUT2D eigenvalue weighted by atomic mass is 10.3. The predicted octanol–water partition coefficient (Wildman–Crippen LogP) is 1.18. The van der Waals surface area contributed by atoms with Gasteiger partial charge in [-0.1, -0.05) is 6.07 Å². The molecule has 0 radical (unpaired) electrons. The fourth-order valence-corrected chi connectivity index (χ4v) is 1.97. The summed E-state index contributed by atoms with van der Waals surface area (Å²) in [7, 11) is 0. The van der Waals surface area contributed by atoms with Gasteiger partial charge in [-0.2, -0.15) is 0 Å². The van der Waals surface area contributed by atoms with E-state index in [1.54, 1.807) is 12.3 Å². The predicted molar refractivity (Wildman–Crippen MR) is 58.7 cm³/mol. The van der Waals surface area contributed by atoms with Crippen molar-refractivity contribution in [1.82, 2.24) is 9.97 Å². The van der Waals surface area contributed by atoms with Gasteiger partial charge in [0.1, 0.15) is 17.4 Å². The van der Waals surface area contributed by atoms with E-state index in [1.807, 2.05) is 12.1 Å². The molecule has 0 atom stereocenters. The molecule has 2 rings (SSSR count). The van der Waals surface area contributed by atoms with Crippen molar-refractivity contribution in [3.8, 4) is 10.6 Å². The van der Waals surface area contributed by atoms with Gasteiger partial charge in [-0.15, -0.1) is 11.3 Å². The van der Waals surface area contributed by atoms with Crippen LogP contribution in [0.1, 0.15) is 5.01 Å². The summed E-state index contributed by atoms with van der Waals surface area (Å²) < 4.78 is 0. The fraction of sp³-hybridized carbons (Fsp3) is 0.111. The van der Waals surface area contributed by atoms with Crippen LogP contribution in [-0.2, 0) is 11.4 Å². The van der Waals surface area contributed by atoms with Crippen LogP contribution in [0.25, 0.3) is 10.6 Å². The van der Waals surface area contributed by atoms with Crippen LogP contribution in [0.4, 0.5) is 5.82 Å². The molecule has 0 saturated carbocycles. The zero-order valence-corrected chi connectivity index (χ0v) is 8.70. The molecule has 78 valence electrons. The Morgan fingerprint density at radius 2 is 2.27 bits per heavy atom. The van der Waals surface area contributed by atoms with Crippen molar-refractivity contribution in [3.05, 3.63) is 29.4 Å². The molecule has 6 heteroatoms. The van der Waals surface area contributed by atoms with E-state index in [0.29, 0.717) is 12.4 Å². The number of hydrogen-bond acceptors (Lipinski definition) is 6. The topological polar surface area (TPSA) is 87.0 Å². The van der Waals surface area contributed by atoms with E-state index in [2.05, 4.69) is 14.8 Å². The summed E-state index contributed by atoms with van der Waals surface area (Å²) >= 11 is 1.49. The van der Waals surface area contributed by atoms with Gasteiger partial charge in [0.15, 0.2) is 0 Å². The number of nitrogens with zero attached hydrogens (tertiary/aromatic N) is 2. The first-order valence-corrected chi connectivity index (χ1v) is 5.10.